The van der Waals surface area contributed by atoms with Crippen molar-refractivity contribution in [2.75, 3.05) is 13.1 Å². The molecule has 2 fully saturated rings. The second-order valence-electron chi connectivity index (χ2n) is 12.2. The van der Waals surface area contributed by atoms with Crippen LogP contribution in [0.1, 0.15) is 90.7 Å². The Morgan fingerprint density at radius 2 is 1.64 bits per heavy atom. The van der Waals surface area contributed by atoms with E-state index in [2.05, 4.69) is 17.4 Å². The number of hydrogen-bond donors (Lipinski definition) is 2. The first-order valence-corrected chi connectivity index (χ1v) is 14.3. The van der Waals surface area contributed by atoms with Crippen molar-refractivity contribution in [3.05, 3.63) is 35.4 Å². The molecule has 4 atom stereocenters. The number of rotatable bonds is 7. The van der Waals surface area contributed by atoms with Gasteiger partial charge in [0.25, 0.3) is 0 Å². The molecular weight excluding hydrogens is 496 g/mol. The lowest BCUT2D eigenvalue weighted by Crippen LogP contribution is -2.61. The summed E-state index contributed by atoms with van der Waals surface area (Å²) in [6.45, 7) is 12.7. The fourth-order valence-corrected chi connectivity index (χ4v) is 5.67. The molecule has 1 aromatic carbocycles. The third-order valence-corrected chi connectivity index (χ3v) is 7.93. The lowest BCUT2D eigenvalue weighted by Gasteiger charge is -2.43. The van der Waals surface area contributed by atoms with Crippen LogP contribution in [0.4, 0.5) is 4.79 Å². The molecule has 0 spiro atoms. The van der Waals surface area contributed by atoms with Crippen molar-refractivity contribution in [1.82, 2.24) is 15.1 Å². The van der Waals surface area contributed by atoms with Gasteiger partial charge in [-0.15, -0.1) is 0 Å². The van der Waals surface area contributed by atoms with Gasteiger partial charge in [0, 0.05) is 32.0 Å². The fourth-order valence-electron chi connectivity index (χ4n) is 5.67. The van der Waals surface area contributed by atoms with Crippen LogP contribution in [0, 0.1) is 5.92 Å². The van der Waals surface area contributed by atoms with Crippen molar-refractivity contribution < 1.29 is 23.9 Å². The summed E-state index contributed by atoms with van der Waals surface area (Å²) in [6, 6.07) is 6.24. The van der Waals surface area contributed by atoms with E-state index in [-0.39, 0.29) is 24.3 Å². The summed E-state index contributed by atoms with van der Waals surface area (Å²) in [4.78, 5) is 54.3. The van der Waals surface area contributed by atoms with Crippen LogP contribution < -0.4 is 11.1 Å². The summed E-state index contributed by atoms with van der Waals surface area (Å²) in [5.74, 6) is -0.523. The Bertz CT molecular complexity index is 1030. The van der Waals surface area contributed by atoms with Gasteiger partial charge < -0.3 is 20.7 Å². The maximum Gasteiger partial charge on any atom is 0.411 e. The van der Waals surface area contributed by atoms with Crippen LogP contribution in [-0.2, 0) is 25.5 Å². The molecule has 0 bridgehead atoms. The summed E-state index contributed by atoms with van der Waals surface area (Å²) < 4.78 is 5.60. The van der Waals surface area contributed by atoms with E-state index in [1.807, 2.05) is 37.8 Å². The van der Waals surface area contributed by atoms with E-state index >= 15 is 0 Å². The first-order valence-electron chi connectivity index (χ1n) is 14.3. The molecule has 2 aliphatic rings. The van der Waals surface area contributed by atoms with Crippen molar-refractivity contribution in [2.24, 2.45) is 11.7 Å². The molecule has 0 unspecified atom stereocenters. The van der Waals surface area contributed by atoms with Gasteiger partial charge in [0.2, 0.25) is 17.7 Å². The van der Waals surface area contributed by atoms with Crippen LogP contribution in [-0.4, -0.2) is 70.4 Å². The first kappa shape index (κ1) is 30.4. The van der Waals surface area contributed by atoms with Gasteiger partial charge in [-0.25, -0.2) is 4.79 Å². The second kappa shape index (κ2) is 12.8. The predicted octanol–water partition coefficient (Wildman–Crippen LogP) is 3.74. The minimum absolute atomic E-state index is 0.0967. The number of nitrogens with zero attached hydrogens (tertiary/aromatic N) is 2. The molecule has 0 aromatic heterocycles. The zero-order valence-corrected chi connectivity index (χ0v) is 24.4. The topological polar surface area (TPSA) is 122 Å². The van der Waals surface area contributed by atoms with Crippen LogP contribution in [0.3, 0.4) is 0 Å². The van der Waals surface area contributed by atoms with E-state index in [9.17, 15) is 19.2 Å². The summed E-state index contributed by atoms with van der Waals surface area (Å²) in [5, 5.41) is 2.83. The number of carbonyl (C=O) groups is 4. The summed E-state index contributed by atoms with van der Waals surface area (Å²) in [6.07, 6.45) is 3.67. The van der Waals surface area contributed by atoms with Gasteiger partial charge in [-0.05, 0) is 76.3 Å². The molecule has 2 aliphatic heterocycles. The number of ether oxygens (including phenoxy) is 1. The molecule has 216 valence electrons. The number of benzene rings is 1. The Morgan fingerprint density at radius 1 is 1.03 bits per heavy atom. The second-order valence-corrected chi connectivity index (χ2v) is 12.2. The molecule has 3 N–H and O–H groups in total. The van der Waals surface area contributed by atoms with E-state index in [1.54, 1.807) is 20.8 Å². The van der Waals surface area contributed by atoms with Gasteiger partial charge in [0.05, 0.1) is 0 Å². The zero-order chi connectivity index (χ0) is 28.9. The first-order chi connectivity index (χ1) is 18.3. The molecule has 0 aliphatic carbocycles. The summed E-state index contributed by atoms with van der Waals surface area (Å²) >= 11 is 0. The van der Waals surface area contributed by atoms with E-state index in [4.69, 9.17) is 10.5 Å². The number of carbonyl (C=O) groups excluding carboxylic acids is 4. The largest absolute Gasteiger partial charge is 0.444 e. The SMILES string of the molecule is CCC(=O)N1CCC(c2ccc(C[C@H](NC(=O)[C@@H]3[C@H](C)CC[C@H](C)N3C(=O)OC(C)(C)C)C(N)=O)cc2)CC1. The number of amides is 4. The Morgan fingerprint density at radius 3 is 2.18 bits per heavy atom. The Kier molecular flexibility index (Phi) is 10.0. The smallest absolute Gasteiger partial charge is 0.411 e. The Hall–Kier alpha value is -3.10. The maximum absolute atomic E-state index is 13.5. The quantitative estimate of drug-likeness (QED) is 0.544. The predicted molar refractivity (Wildman–Crippen MR) is 150 cm³/mol. The van der Waals surface area contributed by atoms with Gasteiger partial charge >= 0.3 is 6.09 Å². The normalized spacial score (nSPS) is 23.2. The van der Waals surface area contributed by atoms with Gasteiger partial charge in [-0.1, -0.05) is 38.1 Å². The lowest BCUT2D eigenvalue weighted by molar-refractivity contribution is -0.134. The van der Waals surface area contributed by atoms with Crippen molar-refractivity contribution >= 4 is 23.8 Å². The summed E-state index contributed by atoms with van der Waals surface area (Å²) in [7, 11) is 0. The molecule has 0 radical (unpaired) electrons. The number of primary amides is 1. The highest BCUT2D eigenvalue weighted by Crippen LogP contribution is 2.31. The highest BCUT2D eigenvalue weighted by Gasteiger charge is 2.43. The number of hydrogen-bond acceptors (Lipinski definition) is 5. The third-order valence-electron chi connectivity index (χ3n) is 7.93. The average Bonchev–Trinajstić information content (AvgIpc) is 2.88. The minimum atomic E-state index is -0.906. The molecule has 39 heavy (non-hydrogen) atoms. The monoisotopic (exact) mass is 542 g/mol. The standard InChI is InChI=1S/C30H46N4O5/c1-7-25(35)33-16-14-23(15-17-33)22-12-10-21(11-13-22)18-24(27(31)36)32-28(37)26-19(2)8-9-20(3)34(26)29(38)39-30(4,5)6/h10-13,19-20,23-24,26H,7-9,14-18H2,1-6H3,(H2,31,36)(H,32,37)/t19-,20+,24+,26+/m1/s1. The van der Waals surface area contributed by atoms with E-state index < -0.39 is 35.6 Å². The fraction of sp³-hybridized carbons (Fsp3) is 0.667. The Labute approximate surface area is 232 Å². The molecule has 2 heterocycles. The van der Waals surface area contributed by atoms with Crippen LogP contribution in [0.2, 0.25) is 0 Å². The number of likely N-dealkylation sites (tertiary alicyclic amines) is 2. The number of piperidine rings is 2. The molecular formula is C30H46N4O5. The van der Waals surface area contributed by atoms with Gasteiger partial charge in [-0.2, -0.15) is 0 Å². The van der Waals surface area contributed by atoms with Crippen LogP contribution in [0.15, 0.2) is 24.3 Å². The van der Waals surface area contributed by atoms with Crippen molar-refractivity contribution in [3.8, 4) is 0 Å². The van der Waals surface area contributed by atoms with E-state index in [0.29, 0.717) is 12.3 Å². The van der Waals surface area contributed by atoms with Crippen LogP contribution >= 0.6 is 0 Å². The molecule has 9 heteroatoms. The average molecular weight is 543 g/mol. The highest BCUT2D eigenvalue weighted by atomic mass is 16.6. The van der Waals surface area contributed by atoms with Gasteiger partial charge in [-0.3, -0.25) is 19.3 Å². The zero-order valence-electron chi connectivity index (χ0n) is 24.4. The number of nitrogens with one attached hydrogen (secondary N) is 1. The van der Waals surface area contributed by atoms with E-state index in [1.165, 1.54) is 10.5 Å². The van der Waals surface area contributed by atoms with Gasteiger partial charge in [0.15, 0.2) is 0 Å². The van der Waals surface area contributed by atoms with Crippen molar-refractivity contribution in [2.45, 2.75) is 110 Å². The van der Waals surface area contributed by atoms with Crippen molar-refractivity contribution in [1.29, 1.82) is 0 Å². The molecule has 9 nitrogen and oxygen atoms in total. The molecule has 0 saturated carbocycles. The summed E-state index contributed by atoms with van der Waals surface area (Å²) in [5.41, 5.74) is 7.11. The van der Waals surface area contributed by atoms with Crippen LogP contribution in [0.25, 0.3) is 0 Å². The molecule has 4 amide bonds. The highest BCUT2D eigenvalue weighted by molar-refractivity contribution is 5.91. The van der Waals surface area contributed by atoms with Gasteiger partial charge in [0.1, 0.15) is 17.7 Å². The molecule has 2 saturated heterocycles. The number of nitrogens with two attached hydrogens (primary N) is 1. The maximum atomic E-state index is 13.5. The lowest BCUT2D eigenvalue weighted by atomic mass is 9.86. The molecule has 1 aromatic rings. The molecule has 3 rings (SSSR count). The van der Waals surface area contributed by atoms with E-state index in [0.717, 1.165) is 44.3 Å². The minimum Gasteiger partial charge on any atom is -0.444 e. The Balaban J connectivity index is 1.67. The third kappa shape index (κ3) is 7.96. The van der Waals surface area contributed by atoms with Crippen LogP contribution in [0.5, 0.6) is 0 Å². The van der Waals surface area contributed by atoms with Crippen molar-refractivity contribution in [3.63, 3.8) is 0 Å².